The van der Waals surface area contributed by atoms with Crippen LogP contribution < -0.4 is 9.47 Å². The number of fused-ring (bicyclic) bond motifs is 1. The Morgan fingerprint density at radius 1 is 1.33 bits per heavy atom. The molecule has 0 saturated heterocycles. The summed E-state index contributed by atoms with van der Waals surface area (Å²) < 4.78 is 10.9. The highest BCUT2D eigenvalue weighted by atomic mass is 32.2. The summed E-state index contributed by atoms with van der Waals surface area (Å²) in [6, 6.07) is 8.16. The van der Waals surface area contributed by atoms with Crippen LogP contribution in [0, 0.1) is 17.2 Å². The minimum Gasteiger partial charge on any atom is -0.493 e. The van der Waals surface area contributed by atoms with E-state index < -0.39 is 0 Å². The first kappa shape index (κ1) is 16.9. The molecular formula is C19H22N2O2S. The van der Waals surface area contributed by atoms with Crippen LogP contribution in [0.3, 0.4) is 0 Å². The van der Waals surface area contributed by atoms with E-state index in [1.54, 1.807) is 18.9 Å². The van der Waals surface area contributed by atoms with Crippen molar-refractivity contribution in [3.63, 3.8) is 0 Å². The van der Waals surface area contributed by atoms with E-state index in [4.69, 9.17) is 9.47 Å². The van der Waals surface area contributed by atoms with Gasteiger partial charge in [-0.15, -0.1) is 11.8 Å². The zero-order valence-corrected chi connectivity index (χ0v) is 14.9. The minimum atomic E-state index is 0.399. The zero-order valence-electron chi connectivity index (χ0n) is 14.1. The molecule has 0 unspecified atom stereocenters. The third-order valence-electron chi connectivity index (χ3n) is 4.51. The molecule has 1 saturated carbocycles. The number of nitriles is 1. The van der Waals surface area contributed by atoms with E-state index in [9.17, 15) is 5.26 Å². The number of rotatable bonds is 5. The van der Waals surface area contributed by atoms with Gasteiger partial charge in [0, 0.05) is 17.4 Å². The first-order chi connectivity index (χ1) is 11.8. The number of nitrogens with zero attached hydrogens (tertiary/aromatic N) is 2. The van der Waals surface area contributed by atoms with Crippen LogP contribution in [0.1, 0.15) is 38.2 Å². The fourth-order valence-corrected chi connectivity index (χ4v) is 4.78. The van der Waals surface area contributed by atoms with Crippen LogP contribution in [0.25, 0.3) is 0 Å². The number of methoxy groups -OCH3 is 1. The van der Waals surface area contributed by atoms with Gasteiger partial charge in [-0.3, -0.25) is 0 Å². The lowest BCUT2D eigenvalue weighted by atomic mass is 9.84. The summed E-state index contributed by atoms with van der Waals surface area (Å²) in [5, 5.41) is 10.9. The molecular weight excluding hydrogens is 320 g/mol. The van der Waals surface area contributed by atoms with Gasteiger partial charge in [-0.05, 0) is 43.5 Å². The van der Waals surface area contributed by atoms with E-state index >= 15 is 0 Å². The molecule has 0 radical (unpaired) electrons. The van der Waals surface area contributed by atoms with Crippen molar-refractivity contribution in [3.05, 3.63) is 34.4 Å². The molecule has 0 bridgehead atoms. The molecule has 0 spiro atoms. The van der Waals surface area contributed by atoms with E-state index in [0.717, 1.165) is 28.3 Å². The van der Waals surface area contributed by atoms with Gasteiger partial charge in [-0.25, -0.2) is 4.99 Å². The van der Waals surface area contributed by atoms with Crippen molar-refractivity contribution in [1.82, 2.24) is 0 Å². The van der Waals surface area contributed by atoms with E-state index in [0.29, 0.717) is 23.5 Å². The molecule has 1 aliphatic heterocycles. The predicted octanol–water partition coefficient (Wildman–Crippen LogP) is 4.55. The zero-order chi connectivity index (χ0) is 16.9. The predicted molar refractivity (Wildman–Crippen MR) is 97.7 cm³/mol. The summed E-state index contributed by atoms with van der Waals surface area (Å²) in [5.74, 6) is 1.83. The standard InChI is InChI=1S/C19H22N2O2S/c1-3-23-16-9-8-13(10-17(16)22-2)12-21-19-15(11-20)14-6-4-5-7-18(14)24-19/h8-10,12,14,18H,3-7H2,1-2H3/t14-,18+/m0/s1. The van der Waals surface area contributed by atoms with Gasteiger partial charge >= 0.3 is 0 Å². The van der Waals surface area contributed by atoms with Crippen molar-refractivity contribution in [2.24, 2.45) is 10.9 Å². The molecule has 0 aromatic heterocycles. The van der Waals surface area contributed by atoms with Crippen molar-refractivity contribution in [2.75, 3.05) is 13.7 Å². The number of allylic oxidation sites excluding steroid dienone is 1. The fraction of sp³-hybridized carbons (Fsp3) is 0.474. The van der Waals surface area contributed by atoms with Gasteiger partial charge in [0.05, 0.1) is 25.4 Å². The van der Waals surface area contributed by atoms with Crippen molar-refractivity contribution < 1.29 is 9.47 Å². The largest absolute Gasteiger partial charge is 0.493 e. The van der Waals surface area contributed by atoms with E-state index in [2.05, 4.69) is 11.1 Å². The highest BCUT2D eigenvalue weighted by molar-refractivity contribution is 8.04. The Hall–Kier alpha value is -1.93. The minimum absolute atomic E-state index is 0.399. The quantitative estimate of drug-likeness (QED) is 0.736. The van der Waals surface area contributed by atoms with Crippen molar-refractivity contribution >= 4 is 18.0 Å². The molecule has 1 aliphatic carbocycles. The second-order valence-electron chi connectivity index (χ2n) is 5.98. The second kappa shape index (κ2) is 7.76. The number of aliphatic imine (C=N–C) groups is 1. The highest BCUT2D eigenvalue weighted by Crippen LogP contribution is 2.49. The Balaban J connectivity index is 1.81. The third-order valence-corrected chi connectivity index (χ3v) is 5.92. The summed E-state index contributed by atoms with van der Waals surface area (Å²) >= 11 is 1.77. The van der Waals surface area contributed by atoms with Crippen molar-refractivity contribution in [1.29, 1.82) is 5.26 Å². The maximum Gasteiger partial charge on any atom is 0.161 e. The van der Waals surface area contributed by atoms with Crippen molar-refractivity contribution in [2.45, 2.75) is 37.9 Å². The number of hydrogen-bond donors (Lipinski definition) is 0. The molecule has 1 heterocycles. The van der Waals surface area contributed by atoms with Crippen molar-refractivity contribution in [3.8, 4) is 17.6 Å². The van der Waals surface area contributed by atoms with Gasteiger partial charge in [0.2, 0.25) is 0 Å². The van der Waals surface area contributed by atoms with E-state index in [1.165, 1.54) is 19.3 Å². The van der Waals surface area contributed by atoms with Crippen LogP contribution in [0.15, 0.2) is 33.8 Å². The topological polar surface area (TPSA) is 54.6 Å². The van der Waals surface area contributed by atoms with Crippen LogP contribution in [-0.2, 0) is 0 Å². The Morgan fingerprint density at radius 3 is 2.92 bits per heavy atom. The molecule has 4 nitrogen and oxygen atoms in total. The summed E-state index contributed by atoms with van der Waals surface area (Å²) in [6.45, 7) is 2.54. The second-order valence-corrected chi connectivity index (χ2v) is 7.21. The Kier molecular flexibility index (Phi) is 5.47. The molecule has 1 aromatic carbocycles. The van der Waals surface area contributed by atoms with E-state index in [1.807, 2.05) is 31.3 Å². The number of hydrogen-bond acceptors (Lipinski definition) is 5. The van der Waals surface area contributed by atoms with Crippen LogP contribution in [0.4, 0.5) is 0 Å². The first-order valence-electron chi connectivity index (χ1n) is 8.42. The average Bonchev–Trinajstić information content (AvgIpc) is 2.98. The fourth-order valence-electron chi connectivity index (χ4n) is 3.34. The first-order valence-corrected chi connectivity index (χ1v) is 9.30. The van der Waals surface area contributed by atoms with Crippen LogP contribution >= 0.6 is 11.8 Å². The Bertz CT molecular complexity index is 706. The van der Waals surface area contributed by atoms with Gasteiger partial charge in [0.15, 0.2) is 11.5 Å². The van der Waals surface area contributed by atoms with Crippen LogP contribution in [0.2, 0.25) is 0 Å². The Labute approximate surface area is 147 Å². The average molecular weight is 342 g/mol. The molecule has 24 heavy (non-hydrogen) atoms. The SMILES string of the molecule is CCOc1ccc(C=NC2=C(C#N)[C@@H]3CCCC[C@H]3S2)cc1OC. The number of benzene rings is 1. The lowest BCUT2D eigenvalue weighted by Gasteiger charge is -2.24. The van der Waals surface area contributed by atoms with Crippen LogP contribution in [0.5, 0.6) is 11.5 Å². The van der Waals surface area contributed by atoms with Gasteiger partial charge in [-0.1, -0.05) is 12.8 Å². The molecule has 5 heteroatoms. The normalized spacial score (nSPS) is 23.2. The highest BCUT2D eigenvalue weighted by Gasteiger charge is 2.37. The summed E-state index contributed by atoms with van der Waals surface area (Å²) in [4.78, 5) is 4.62. The lowest BCUT2D eigenvalue weighted by molar-refractivity contribution is 0.311. The van der Waals surface area contributed by atoms with Crippen LogP contribution in [-0.4, -0.2) is 25.2 Å². The van der Waals surface area contributed by atoms with Gasteiger partial charge in [0.25, 0.3) is 0 Å². The molecule has 126 valence electrons. The summed E-state index contributed by atoms with van der Waals surface area (Å²) in [5.41, 5.74) is 1.81. The molecule has 3 rings (SSSR count). The monoisotopic (exact) mass is 342 g/mol. The van der Waals surface area contributed by atoms with Gasteiger partial charge in [-0.2, -0.15) is 5.26 Å². The molecule has 0 N–H and O–H groups in total. The van der Waals surface area contributed by atoms with E-state index in [-0.39, 0.29) is 0 Å². The lowest BCUT2D eigenvalue weighted by Crippen LogP contribution is -2.18. The molecule has 0 amide bonds. The summed E-state index contributed by atoms with van der Waals surface area (Å²) in [6.07, 6.45) is 6.61. The molecule has 2 atom stereocenters. The van der Waals surface area contributed by atoms with Gasteiger partial charge in [0.1, 0.15) is 5.03 Å². The Morgan fingerprint density at radius 2 is 2.17 bits per heavy atom. The maximum atomic E-state index is 9.52. The molecule has 1 fully saturated rings. The number of ether oxygens (including phenoxy) is 2. The summed E-state index contributed by atoms with van der Waals surface area (Å²) in [7, 11) is 1.63. The maximum absolute atomic E-state index is 9.52. The molecule has 2 aliphatic rings. The number of thioether (sulfide) groups is 1. The molecule has 1 aromatic rings. The van der Waals surface area contributed by atoms with Gasteiger partial charge < -0.3 is 9.47 Å². The third kappa shape index (κ3) is 3.44. The smallest absolute Gasteiger partial charge is 0.161 e.